The predicted octanol–water partition coefficient (Wildman–Crippen LogP) is 2.41. The standard InChI is InChI=1S/C24H26N2O5S/c1-29-17-6-5-15(12-19(17)30-2)8-10-25-22(27)20-18-7-9-24(31-18)14-26(23(28)21(20)24)13-16-4-3-11-32-16/h3-7,9,11-12,18,20-21H,8,10,13-14H2,1-2H3,(H,25,27)/t18-,20-,21-,24+/m0/s1. The first-order valence-electron chi connectivity index (χ1n) is 10.7. The molecule has 0 saturated carbocycles. The number of fused-ring (bicyclic) bond motifs is 1. The van der Waals surface area contributed by atoms with Gasteiger partial charge >= 0.3 is 0 Å². The molecule has 1 aromatic heterocycles. The number of carbonyl (C=O) groups is 2. The number of methoxy groups -OCH3 is 2. The van der Waals surface area contributed by atoms with Crippen LogP contribution in [0.2, 0.25) is 0 Å². The van der Waals surface area contributed by atoms with E-state index in [1.807, 2.05) is 52.8 Å². The number of thiophene rings is 1. The summed E-state index contributed by atoms with van der Waals surface area (Å²) in [6, 6.07) is 9.72. The molecule has 5 rings (SSSR count). The molecule has 0 unspecified atom stereocenters. The van der Waals surface area contributed by atoms with Gasteiger partial charge in [0.25, 0.3) is 0 Å². The predicted molar refractivity (Wildman–Crippen MR) is 120 cm³/mol. The second kappa shape index (κ2) is 8.26. The lowest BCUT2D eigenvalue weighted by atomic mass is 9.77. The van der Waals surface area contributed by atoms with Crippen molar-refractivity contribution in [2.75, 3.05) is 27.3 Å². The SMILES string of the molecule is COc1ccc(CCNC(=O)[C@H]2[C@@H]3C=C[C@]4(CN(Cc5cccs5)C(=O)[C@H]24)O3)cc1OC. The maximum atomic E-state index is 13.2. The van der Waals surface area contributed by atoms with Gasteiger partial charge in [0.1, 0.15) is 5.60 Å². The molecule has 4 atom stereocenters. The summed E-state index contributed by atoms with van der Waals surface area (Å²) in [7, 11) is 3.20. The Morgan fingerprint density at radius 2 is 2.12 bits per heavy atom. The van der Waals surface area contributed by atoms with Crippen molar-refractivity contribution in [3.8, 4) is 11.5 Å². The lowest BCUT2D eigenvalue weighted by molar-refractivity contribution is -0.137. The van der Waals surface area contributed by atoms with Crippen LogP contribution in [0.25, 0.3) is 0 Å². The molecule has 8 heteroatoms. The molecule has 2 bridgehead atoms. The Morgan fingerprint density at radius 3 is 2.88 bits per heavy atom. The molecule has 2 aromatic rings. The van der Waals surface area contributed by atoms with Crippen molar-refractivity contribution >= 4 is 23.2 Å². The Kier molecular flexibility index (Phi) is 5.43. The molecule has 32 heavy (non-hydrogen) atoms. The molecule has 1 aromatic carbocycles. The molecule has 4 heterocycles. The highest BCUT2D eigenvalue weighted by Gasteiger charge is 2.66. The quantitative estimate of drug-likeness (QED) is 0.620. The molecule has 2 amide bonds. The van der Waals surface area contributed by atoms with Crippen molar-refractivity contribution in [1.82, 2.24) is 10.2 Å². The Balaban J connectivity index is 1.24. The van der Waals surface area contributed by atoms with Crippen LogP contribution in [0.1, 0.15) is 10.4 Å². The molecule has 1 N–H and O–H groups in total. The fourth-order valence-corrected chi connectivity index (χ4v) is 5.81. The number of carbonyl (C=O) groups excluding carboxylic acids is 2. The number of rotatable bonds is 8. The third kappa shape index (κ3) is 3.47. The minimum atomic E-state index is -0.676. The average Bonchev–Trinajstić information content (AvgIpc) is 3.57. The Hall–Kier alpha value is -2.84. The van der Waals surface area contributed by atoms with Crippen molar-refractivity contribution < 1.29 is 23.8 Å². The van der Waals surface area contributed by atoms with E-state index in [4.69, 9.17) is 14.2 Å². The fraction of sp³-hybridized carbons (Fsp3) is 0.417. The molecule has 3 aliphatic heterocycles. The summed E-state index contributed by atoms with van der Waals surface area (Å²) in [6.07, 6.45) is 4.24. The van der Waals surface area contributed by atoms with E-state index >= 15 is 0 Å². The van der Waals surface area contributed by atoms with E-state index in [2.05, 4.69) is 5.32 Å². The van der Waals surface area contributed by atoms with Crippen LogP contribution in [-0.4, -0.2) is 55.7 Å². The number of nitrogens with zero attached hydrogens (tertiary/aromatic N) is 1. The van der Waals surface area contributed by atoms with Gasteiger partial charge in [0.05, 0.1) is 45.2 Å². The van der Waals surface area contributed by atoms with Crippen molar-refractivity contribution in [2.24, 2.45) is 11.8 Å². The molecule has 0 radical (unpaired) electrons. The van der Waals surface area contributed by atoms with Crippen LogP contribution in [0.15, 0.2) is 47.9 Å². The van der Waals surface area contributed by atoms with Crippen molar-refractivity contribution in [2.45, 2.75) is 24.7 Å². The van der Waals surface area contributed by atoms with Gasteiger partial charge in [-0.25, -0.2) is 0 Å². The lowest BCUT2D eigenvalue weighted by Crippen LogP contribution is -2.44. The summed E-state index contributed by atoms with van der Waals surface area (Å²) in [4.78, 5) is 29.3. The summed E-state index contributed by atoms with van der Waals surface area (Å²) in [5, 5.41) is 5.03. The number of benzene rings is 1. The molecular weight excluding hydrogens is 428 g/mol. The van der Waals surface area contributed by atoms with Gasteiger partial charge in [-0.3, -0.25) is 9.59 Å². The van der Waals surface area contributed by atoms with Gasteiger partial charge in [-0.2, -0.15) is 0 Å². The van der Waals surface area contributed by atoms with Crippen LogP contribution in [0.4, 0.5) is 0 Å². The van der Waals surface area contributed by atoms with E-state index in [-0.39, 0.29) is 17.9 Å². The molecule has 0 aliphatic carbocycles. The van der Waals surface area contributed by atoms with Gasteiger partial charge in [0.15, 0.2) is 11.5 Å². The molecule has 3 aliphatic rings. The minimum absolute atomic E-state index is 0.00490. The summed E-state index contributed by atoms with van der Waals surface area (Å²) in [5.41, 5.74) is 0.354. The number of likely N-dealkylation sites (tertiary alicyclic amines) is 1. The summed E-state index contributed by atoms with van der Waals surface area (Å²) < 4.78 is 16.8. The van der Waals surface area contributed by atoms with Crippen molar-refractivity contribution in [3.05, 3.63) is 58.3 Å². The Bertz CT molecular complexity index is 1050. The number of hydrogen-bond acceptors (Lipinski definition) is 6. The number of amides is 2. The smallest absolute Gasteiger partial charge is 0.230 e. The van der Waals surface area contributed by atoms with Crippen molar-refractivity contribution in [3.63, 3.8) is 0 Å². The van der Waals surface area contributed by atoms with Gasteiger partial charge in [-0.1, -0.05) is 24.3 Å². The van der Waals surface area contributed by atoms with E-state index in [9.17, 15) is 9.59 Å². The van der Waals surface area contributed by atoms with Gasteiger partial charge < -0.3 is 24.4 Å². The first-order valence-corrected chi connectivity index (χ1v) is 11.6. The van der Waals surface area contributed by atoms with Crippen LogP contribution in [0, 0.1) is 11.8 Å². The third-order valence-corrected chi connectivity index (χ3v) is 7.43. The number of nitrogens with one attached hydrogen (secondary N) is 1. The normalized spacial score (nSPS) is 27.6. The third-order valence-electron chi connectivity index (χ3n) is 6.57. The second-order valence-electron chi connectivity index (χ2n) is 8.40. The maximum Gasteiger partial charge on any atom is 0.230 e. The van der Waals surface area contributed by atoms with Crippen LogP contribution in [-0.2, 0) is 27.3 Å². The average molecular weight is 455 g/mol. The molecular formula is C24H26N2O5S. The molecule has 7 nitrogen and oxygen atoms in total. The van der Waals surface area contributed by atoms with Gasteiger partial charge in [0.2, 0.25) is 11.8 Å². The van der Waals surface area contributed by atoms with E-state index in [1.54, 1.807) is 25.6 Å². The highest BCUT2D eigenvalue weighted by Crippen LogP contribution is 2.52. The second-order valence-corrected chi connectivity index (χ2v) is 9.44. The zero-order valence-corrected chi connectivity index (χ0v) is 18.9. The number of hydrogen-bond donors (Lipinski definition) is 1. The summed E-state index contributed by atoms with van der Waals surface area (Å²) in [6.45, 7) is 1.52. The van der Waals surface area contributed by atoms with Gasteiger partial charge in [0, 0.05) is 11.4 Å². The van der Waals surface area contributed by atoms with Gasteiger partial charge in [-0.15, -0.1) is 11.3 Å². The summed E-state index contributed by atoms with van der Waals surface area (Å²) in [5.74, 6) is 0.253. The molecule has 2 fully saturated rings. The van der Waals surface area contributed by atoms with E-state index in [1.165, 1.54) is 0 Å². The van der Waals surface area contributed by atoms with Crippen LogP contribution in [0.5, 0.6) is 11.5 Å². The topological polar surface area (TPSA) is 77.1 Å². The largest absolute Gasteiger partial charge is 0.493 e. The highest BCUT2D eigenvalue weighted by atomic mass is 32.1. The van der Waals surface area contributed by atoms with Crippen LogP contribution in [0.3, 0.4) is 0 Å². The van der Waals surface area contributed by atoms with E-state index in [0.29, 0.717) is 37.6 Å². The fourth-order valence-electron chi connectivity index (χ4n) is 5.09. The molecule has 2 saturated heterocycles. The minimum Gasteiger partial charge on any atom is -0.493 e. The maximum absolute atomic E-state index is 13.2. The van der Waals surface area contributed by atoms with E-state index in [0.717, 1.165) is 10.4 Å². The zero-order valence-electron chi connectivity index (χ0n) is 18.1. The van der Waals surface area contributed by atoms with Crippen LogP contribution < -0.4 is 14.8 Å². The first kappa shape index (κ1) is 21.0. The van der Waals surface area contributed by atoms with Crippen LogP contribution >= 0.6 is 11.3 Å². The lowest BCUT2D eigenvalue weighted by Gasteiger charge is -2.23. The summed E-state index contributed by atoms with van der Waals surface area (Å²) >= 11 is 1.63. The Morgan fingerprint density at radius 1 is 1.28 bits per heavy atom. The molecule has 168 valence electrons. The van der Waals surface area contributed by atoms with Crippen molar-refractivity contribution in [1.29, 1.82) is 0 Å². The van der Waals surface area contributed by atoms with Gasteiger partial charge in [-0.05, 0) is 35.6 Å². The molecule has 1 spiro atoms. The van der Waals surface area contributed by atoms with E-state index < -0.39 is 17.4 Å². The number of ether oxygens (including phenoxy) is 3. The Labute approximate surface area is 191 Å². The monoisotopic (exact) mass is 454 g/mol. The highest BCUT2D eigenvalue weighted by molar-refractivity contribution is 7.09. The zero-order chi connectivity index (χ0) is 22.3. The first-order chi connectivity index (χ1) is 15.5.